The molecular weight excluding hydrogens is 358 g/mol. The summed E-state index contributed by atoms with van der Waals surface area (Å²) in [6.07, 6.45) is 0. The van der Waals surface area contributed by atoms with Gasteiger partial charge in [0.25, 0.3) is 0 Å². The number of carboxylic acids is 1. The van der Waals surface area contributed by atoms with Crippen LogP contribution in [0.3, 0.4) is 0 Å². The lowest BCUT2D eigenvalue weighted by Gasteiger charge is -2.09. The van der Waals surface area contributed by atoms with Crippen molar-refractivity contribution >= 4 is 34.5 Å². The molecule has 3 rings (SSSR count). The third-order valence-electron chi connectivity index (χ3n) is 4.15. The van der Waals surface area contributed by atoms with Gasteiger partial charge in [0.15, 0.2) is 0 Å². The van der Waals surface area contributed by atoms with Crippen LogP contribution < -0.4 is 10.1 Å². The van der Waals surface area contributed by atoms with Crippen molar-refractivity contribution in [3.8, 4) is 5.75 Å². The van der Waals surface area contributed by atoms with E-state index in [1.165, 1.54) is 6.07 Å². The summed E-state index contributed by atoms with van der Waals surface area (Å²) in [6, 6.07) is 12.0. The number of nitrogens with zero attached hydrogens (tertiary/aromatic N) is 3. The molecule has 1 aromatic heterocycles. The number of aromatic carboxylic acids is 1. The average Bonchev–Trinajstić information content (AvgIpc) is 2.67. The molecule has 0 bridgehead atoms. The number of hydrogen-bond acceptors (Lipinski definition) is 5. The van der Waals surface area contributed by atoms with E-state index in [-0.39, 0.29) is 17.5 Å². The van der Waals surface area contributed by atoms with E-state index in [9.17, 15) is 9.90 Å². The van der Waals surface area contributed by atoms with Crippen LogP contribution in [0.1, 0.15) is 28.5 Å². The third kappa shape index (κ3) is 3.96. The fourth-order valence-electron chi connectivity index (χ4n) is 2.80. The maximum atomic E-state index is 11.4. The van der Waals surface area contributed by atoms with E-state index >= 15 is 0 Å². The van der Waals surface area contributed by atoms with Crippen LogP contribution in [0.4, 0.5) is 5.95 Å². The van der Waals surface area contributed by atoms with Crippen molar-refractivity contribution in [2.24, 2.45) is 4.99 Å². The van der Waals surface area contributed by atoms with Gasteiger partial charge in [-0.1, -0.05) is 18.2 Å². The van der Waals surface area contributed by atoms with E-state index < -0.39 is 5.97 Å². The Morgan fingerprint density at radius 2 is 1.89 bits per heavy atom. The first-order chi connectivity index (χ1) is 13.4. The molecule has 3 aromatic rings. The van der Waals surface area contributed by atoms with Crippen molar-refractivity contribution in [1.29, 1.82) is 5.41 Å². The number of carbonyl (C=O) groups is 1. The number of anilines is 1. The van der Waals surface area contributed by atoms with Crippen LogP contribution in [0.2, 0.25) is 0 Å². The minimum Gasteiger partial charge on any atom is -0.497 e. The summed E-state index contributed by atoms with van der Waals surface area (Å²) in [5, 5.41) is 21.0. The molecule has 0 aliphatic rings. The molecule has 0 fully saturated rings. The van der Waals surface area contributed by atoms with Crippen molar-refractivity contribution in [2.45, 2.75) is 13.8 Å². The van der Waals surface area contributed by atoms with Crippen LogP contribution in [-0.4, -0.2) is 39.8 Å². The first-order valence-corrected chi connectivity index (χ1v) is 8.45. The predicted molar refractivity (Wildman–Crippen MR) is 108 cm³/mol. The highest BCUT2D eigenvalue weighted by molar-refractivity contribution is 6.12. The Balaban J connectivity index is 1.89. The number of aliphatic imine (C=N–C) groups is 1. The Hall–Kier alpha value is -3.81. The van der Waals surface area contributed by atoms with Crippen LogP contribution >= 0.6 is 0 Å². The molecule has 0 unspecified atom stereocenters. The van der Waals surface area contributed by atoms with Gasteiger partial charge in [0.05, 0.1) is 23.9 Å². The number of rotatable bonds is 4. The Kier molecular flexibility index (Phi) is 5.30. The number of fused-ring (bicyclic) bond motifs is 1. The standard InChI is InChI=1S/C20H19N5O3/c1-11(14-6-4-5-7-16(14)18(26)27)22-19(21)25-20-23-12(2)15-9-8-13(28-3)10-17(15)24-20/h4-10H,1-3H3,(H,26,27)(H2,21,23,24,25)/b22-11+. The Morgan fingerprint density at radius 1 is 1.18 bits per heavy atom. The van der Waals surface area contributed by atoms with Gasteiger partial charge in [-0.15, -0.1) is 0 Å². The zero-order valence-electron chi connectivity index (χ0n) is 15.6. The van der Waals surface area contributed by atoms with E-state index in [1.807, 2.05) is 19.1 Å². The SMILES string of the molecule is COc1ccc2c(C)nc(NC(=N)/N=C(\C)c3ccccc3C(=O)O)nc2c1. The Labute approximate surface area is 161 Å². The molecule has 0 radical (unpaired) electrons. The number of carboxylic acid groups (broad SMARTS) is 1. The smallest absolute Gasteiger partial charge is 0.336 e. The average molecular weight is 377 g/mol. The molecule has 0 saturated heterocycles. The first-order valence-electron chi connectivity index (χ1n) is 8.45. The summed E-state index contributed by atoms with van der Waals surface area (Å²) in [4.78, 5) is 24.3. The maximum Gasteiger partial charge on any atom is 0.336 e. The fraction of sp³-hybridized carbons (Fsp3) is 0.150. The summed E-state index contributed by atoms with van der Waals surface area (Å²) in [5.74, 6) is -0.344. The number of aromatic nitrogens is 2. The molecule has 142 valence electrons. The van der Waals surface area contributed by atoms with Gasteiger partial charge in [0, 0.05) is 22.7 Å². The minimum atomic E-state index is -1.05. The second-order valence-corrected chi connectivity index (χ2v) is 6.04. The topological polar surface area (TPSA) is 121 Å². The van der Waals surface area contributed by atoms with Crippen LogP contribution in [0.5, 0.6) is 5.75 Å². The molecule has 0 amide bonds. The van der Waals surface area contributed by atoms with E-state index in [1.54, 1.807) is 38.3 Å². The van der Waals surface area contributed by atoms with Gasteiger partial charge in [0.1, 0.15) is 5.75 Å². The number of ether oxygens (including phenoxy) is 1. The van der Waals surface area contributed by atoms with Crippen LogP contribution in [0.15, 0.2) is 47.5 Å². The van der Waals surface area contributed by atoms with Gasteiger partial charge in [-0.25, -0.2) is 19.8 Å². The molecule has 0 atom stereocenters. The van der Waals surface area contributed by atoms with Gasteiger partial charge in [0.2, 0.25) is 11.9 Å². The number of aryl methyl sites for hydroxylation is 1. The molecule has 2 aromatic carbocycles. The monoisotopic (exact) mass is 377 g/mol. The molecule has 28 heavy (non-hydrogen) atoms. The lowest BCUT2D eigenvalue weighted by atomic mass is 10.0. The zero-order chi connectivity index (χ0) is 20.3. The highest BCUT2D eigenvalue weighted by Gasteiger charge is 2.12. The summed E-state index contributed by atoms with van der Waals surface area (Å²) in [5.41, 5.74) is 2.40. The zero-order valence-corrected chi connectivity index (χ0v) is 15.6. The summed E-state index contributed by atoms with van der Waals surface area (Å²) in [6.45, 7) is 3.50. The molecule has 0 saturated carbocycles. The number of benzene rings is 2. The van der Waals surface area contributed by atoms with Gasteiger partial charge < -0.3 is 9.84 Å². The van der Waals surface area contributed by atoms with E-state index in [0.717, 1.165) is 11.1 Å². The fourth-order valence-corrected chi connectivity index (χ4v) is 2.80. The van der Waals surface area contributed by atoms with Gasteiger partial charge >= 0.3 is 5.97 Å². The highest BCUT2D eigenvalue weighted by atomic mass is 16.5. The lowest BCUT2D eigenvalue weighted by Crippen LogP contribution is -2.15. The second-order valence-electron chi connectivity index (χ2n) is 6.04. The first kappa shape index (κ1) is 19.0. The number of guanidine groups is 1. The molecule has 8 heteroatoms. The van der Waals surface area contributed by atoms with Crippen molar-refractivity contribution in [3.05, 3.63) is 59.3 Å². The van der Waals surface area contributed by atoms with Crippen LogP contribution in [-0.2, 0) is 0 Å². The van der Waals surface area contributed by atoms with Crippen LogP contribution in [0, 0.1) is 12.3 Å². The highest BCUT2D eigenvalue weighted by Crippen LogP contribution is 2.22. The molecular formula is C20H19N5O3. The van der Waals surface area contributed by atoms with Gasteiger partial charge in [-0.05, 0) is 32.0 Å². The maximum absolute atomic E-state index is 11.4. The second kappa shape index (κ2) is 7.83. The Bertz CT molecular complexity index is 1110. The number of methoxy groups -OCH3 is 1. The van der Waals surface area contributed by atoms with Crippen molar-refractivity contribution < 1.29 is 14.6 Å². The Morgan fingerprint density at radius 3 is 2.57 bits per heavy atom. The lowest BCUT2D eigenvalue weighted by molar-refractivity contribution is 0.0696. The minimum absolute atomic E-state index is 0.126. The molecule has 0 aliphatic heterocycles. The van der Waals surface area contributed by atoms with Crippen molar-refractivity contribution in [1.82, 2.24) is 9.97 Å². The van der Waals surface area contributed by atoms with Gasteiger partial charge in [-0.3, -0.25) is 10.7 Å². The van der Waals surface area contributed by atoms with Crippen molar-refractivity contribution in [3.63, 3.8) is 0 Å². The van der Waals surface area contributed by atoms with Gasteiger partial charge in [-0.2, -0.15) is 0 Å². The molecule has 8 nitrogen and oxygen atoms in total. The molecule has 0 spiro atoms. The number of nitrogens with one attached hydrogen (secondary N) is 2. The molecule has 1 heterocycles. The third-order valence-corrected chi connectivity index (χ3v) is 4.15. The van der Waals surface area contributed by atoms with E-state index in [0.29, 0.717) is 22.5 Å². The summed E-state index contributed by atoms with van der Waals surface area (Å²) in [7, 11) is 1.58. The van der Waals surface area contributed by atoms with Crippen LogP contribution in [0.25, 0.3) is 10.9 Å². The van der Waals surface area contributed by atoms with E-state index in [2.05, 4.69) is 20.3 Å². The predicted octanol–water partition coefficient (Wildman–Crippen LogP) is 3.50. The molecule has 0 aliphatic carbocycles. The van der Waals surface area contributed by atoms with Crippen molar-refractivity contribution in [2.75, 3.05) is 12.4 Å². The largest absolute Gasteiger partial charge is 0.497 e. The molecule has 3 N–H and O–H groups in total. The van der Waals surface area contributed by atoms with E-state index in [4.69, 9.17) is 10.1 Å². The normalized spacial score (nSPS) is 11.3. The summed E-state index contributed by atoms with van der Waals surface area (Å²) < 4.78 is 5.22. The quantitative estimate of drug-likeness (QED) is 0.473. The number of hydrogen-bond donors (Lipinski definition) is 3. The summed E-state index contributed by atoms with van der Waals surface area (Å²) >= 11 is 0.